The summed E-state index contributed by atoms with van der Waals surface area (Å²) < 4.78 is 3.17. The summed E-state index contributed by atoms with van der Waals surface area (Å²) >= 11 is 3.53. The van der Waals surface area contributed by atoms with Gasteiger partial charge in [0.25, 0.3) is 0 Å². The molecule has 0 unspecified atom stereocenters. The van der Waals surface area contributed by atoms with Crippen LogP contribution in [0.2, 0.25) is 0 Å². The number of nitrogen functional groups attached to an aromatic ring is 1. The summed E-state index contributed by atoms with van der Waals surface area (Å²) in [5.41, 5.74) is 7.88. The minimum atomic E-state index is 0.760. The molecule has 0 spiro atoms. The van der Waals surface area contributed by atoms with E-state index in [0.717, 1.165) is 34.5 Å². The fraction of sp³-hybridized carbons (Fsp3) is 0.250. The highest BCUT2D eigenvalue weighted by molar-refractivity contribution is 9.10. The van der Waals surface area contributed by atoms with Crippen molar-refractivity contribution in [1.29, 1.82) is 0 Å². The second kappa shape index (κ2) is 4.70. The molecule has 2 N–H and O–H groups in total. The molecule has 0 aliphatic carbocycles. The molecule has 1 heterocycles. The molecule has 0 saturated carbocycles. The standard InChI is InChI=1S/C12H14BrN3/c1-2-12-15-6-7-16(12)8-9-10(13)4-3-5-11(9)14/h3-7H,2,8,14H2,1H3. The molecule has 0 radical (unpaired) electrons. The topological polar surface area (TPSA) is 43.8 Å². The van der Waals surface area contributed by atoms with E-state index in [9.17, 15) is 0 Å². The predicted octanol–water partition coefficient (Wildman–Crippen LogP) is 2.84. The Morgan fingerprint density at radius 1 is 1.44 bits per heavy atom. The van der Waals surface area contributed by atoms with Gasteiger partial charge in [0.05, 0.1) is 6.54 Å². The number of nitrogens with zero attached hydrogens (tertiary/aromatic N) is 2. The summed E-state index contributed by atoms with van der Waals surface area (Å²) in [7, 11) is 0. The first-order valence-electron chi connectivity index (χ1n) is 5.25. The van der Waals surface area contributed by atoms with Crippen molar-refractivity contribution < 1.29 is 0 Å². The molecule has 3 nitrogen and oxygen atoms in total. The van der Waals surface area contributed by atoms with Gasteiger partial charge in [0.15, 0.2) is 0 Å². The summed E-state index contributed by atoms with van der Waals surface area (Å²) in [5, 5.41) is 0. The Balaban J connectivity index is 2.34. The van der Waals surface area contributed by atoms with Crippen LogP contribution in [-0.2, 0) is 13.0 Å². The number of halogens is 1. The highest BCUT2D eigenvalue weighted by Crippen LogP contribution is 2.23. The molecular formula is C12H14BrN3. The first-order valence-corrected chi connectivity index (χ1v) is 6.04. The molecule has 0 aliphatic rings. The third kappa shape index (κ3) is 2.11. The molecule has 2 aromatic rings. The van der Waals surface area contributed by atoms with E-state index in [4.69, 9.17) is 5.73 Å². The van der Waals surface area contributed by atoms with Crippen LogP contribution >= 0.6 is 15.9 Å². The van der Waals surface area contributed by atoms with Crippen LogP contribution in [0.25, 0.3) is 0 Å². The van der Waals surface area contributed by atoms with E-state index in [1.807, 2.05) is 30.6 Å². The van der Waals surface area contributed by atoms with Crippen molar-refractivity contribution in [3.05, 3.63) is 46.5 Å². The number of benzene rings is 1. The summed E-state index contributed by atoms with van der Waals surface area (Å²) in [4.78, 5) is 4.30. The Labute approximate surface area is 103 Å². The second-order valence-electron chi connectivity index (χ2n) is 3.63. The lowest BCUT2D eigenvalue weighted by Gasteiger charge is -2.10. The van der Waals surface area contributed by atoms with Crippen molar-refractivity contribution in [2.45, 2.75) is 19.9 Å². The summed E-state index contributed by atoms with van der Waals surface area (Å²) in [6.07, 6.45) is 4.74. The van der Waals surface area contributed by atoms with Crippen LogP contribution in [0.5, 0.6) is 0 Å². The maximum atomic E-state index is 5.97. The first-order chi connectivity index (χ1) is 7.72. The van der Waals surface area contributed by atoms with E-state index in [1.54, 1.807) is 0 Å². The van der Waals surface area contributed by atoms with Crippen LogP contribution in [0, 0.1) is 0 Å². The van der Waals surface area contributed by atoms with Gasteiger partial charge in [-0.3, -0.25) is 0 Å². The molecule has 0 fully saturated rings. The van der Waals surface area contributed by atoms with Crippen molar-refractivity contribution in [2.75, 3.05) is 5.73 Å². The van der Waals surface area contributed by atoms with Gasteiger partial charge in [-0.2, -0.15) is 0 Å². The number of anilines is 1. The number of aryl methyl sites for hydroxylation is 1. The molecule has 0 atom stereocenters. The van der Waals surface area contributed by atoms with Crippen molar-refractivity contribution in [3.8, 4) is 0 Å². The maximum absolute atomic E-state index is 5.97. The molecule has 1 aromatic carbocycles. The highest BCUT2D eigenvalue weighted by Gasteiger charge is 2.07. The maximum Gasteiger partial charge on any atom is 0.108 e. The Morgan fingerprint density at radius 2 is 2.25 bits per heavy atom. The van der Waals surface area contributed by atoms with Gasteiger partial charge >= 0.3 is 0 Å². The molecule has 84 valence electrons. The van der Waals surface area contributed by atoms with Crippen molar-refractivity contribution in [3.63, 3.8) is 0 Å². The minimum Gasteiger partial charge on any atom is -0.398 e. The van der Waals surface area contributed by atoms with Crippen LogP contribution < -0.4 is 5.73 Å². The Bertz CT molecular complexity index is 471. The number of rotatable bonds is 3. The van der Waals surface area contributed by atoms with E-state index in [-0.39, 0.29) is 0 Å². The minimum absolute atomic E-state index is 0.760. The van der Waals surface area contributed by atoms with E-state index in [0.29, 0.717) is 0 Å². The van der Waals surface area contributed by atoms with E-state index >= 15 is 0 Å². The van der Waals surface area contributed by atoms with Crippen molar-refractivity contribution >= 4 is 21.6 Å². The average molecular weight is 280 g/mol. The summed E-state index contributed by atoms with van der Waals surface area (Å²) in [5.74, 6) is 1.08. The number of hydrogen-bond acceptors (Lipinski definition) is 2. The molecule has 0 saturated heterocycles. The number of imidazole rings is 1. The van der Waals surface area contributed by atoms with E-state index < -0.39 is 0 Å². The van der Waals surface area contributed by atoms with Gasteiger partial charge in [-0.15, -0.1) is 0 Å². The Kier molecular flexibility index (Phi) is 3.29. The fourth-order valence-electron chi connectivity index (χ4n) is 1.71. The fourth-order valence-corrected chi connectivity index (χ4v) is 2.22. The third-order valence-electron chi connectivity index (χ3n) is 2.60. The van der Waals surface area contributed by atoms with Crippen LogP contribution in [0.3, 0.4) is 0 Å². The normalized spacial score (nSPS) is 10.6. The third-order valence-corrected chi connectivity index (χ3v) is 3.34. The zero-order valence-corrected chi connectivity index (χ0v) is 10.7. The molecule has 0 bridgehead atoms. The first kappa shape index (κ1) is 11.2. The van der Waals surface area contributed by atoms with E-state index in [1.165, 1.54) is 0 Å². The number of aromatic nitrogens is 2. The van der Waals surface area contributed by atoms with Crippen LogP contribution in [0.1, 0.15) is 18.3 Å². The van der Waals surface area contributed by atoms with Gasteiger partial charge in [-0.1, -0.05) is 28.9 Å². The lowest BCUT2D eigenvalue weighted by atomic mass is 10.2. The average Bonchev–Trinajstić information content (AvgIpc) is 2.71. The SMILES string of the molecule is CCc1nccn1Cc1c(N)cccc1Br. The zero-order valence-electron chi connectivity index (χ0n) is 9.15. The molecular weight excluding hydrogens is 266 g/mol. The Morgan fingerprint density at radius 3 is 2.94 bits per heavy atom. The second-order valence-corrected chi connectivity index (χ2v) is 4.49. The summed E-state index contributed by atoms with van der Waals surface area (Å²) in [6.45, 7) is 2.86. The molecule has 0 amide bonds. The van der Waals surface area contributed by atoms with Crippen LogP contribution in [0.4, 0.5) is 5.69 Å². The molecule has 4 heteroatoms. The number of nitrogens with two attached hydrogens (primary N) is 1. The van der Waals surface area contributed by atoms with Crippen molar-refractivity contribution in [1.82, 2.24) is 9.55 Å². The van der Waals surface area contributed by atoms with Gasteiger partial charge in [0.2, 0.25) is 0 Å². The van der Waals surface area contributed by atoms with Gasteiger partial charge in [-0.25, -0.2) is 4.98 Å². The lowest BCUT2D eigenvalue weighted by molar-refractivity contribution is 0.731. The van der Waals surface area contributed by atoms with Gasteiger partial charge in [-0.05, 0) is 12.1 Å². The molecule has 0 aliphatic heterocycles. The summed E-state index contributed by atoms with van der Waals surface area (Å²) in [6, 6.07) is 5.87. The Hall–Kier alpha value is -1.29. The highest BCUT2D eigenvalue weighted by atomic mass is 79.9. The van der Waals surface area contributed by atoms with Gasteiger partial charge in [0, 0.05) is 34.5 Å². The molecule has 1 aromatic heterocycles. The van der Waals surface area contributed by atoms with Gasteiger partial charge in [0.1, 0.15) is 5.82 Å². The van der Waals surface area contributed by atoms with E-state index in [2.05, 4.69) is 32.4 Å². The number of hydrogen-bond donors (Lipinski definition) is 1. The van der Waals surface area contributed by atoms with Gasteiger partial charge < -0.3 is 10.3 Å². The van der Waals surface area contributed by atoms with Crippen LogP contribution in [-0.4, -0.2) is 9.55 Å². The lowest BCUT2D eigenvalue weighted by Crippen LogP contribution is -2.06. The monoisotopic (exact) mass is 279 g/mol. The molecule has 16 heavy (non-hydrogen) atoms. The molecule has 2 rings (SSSR count). The largest absolute Gasteiger partial charge is 0.398 e. The smallest absolute Gasteiger partial charge is 0.108 e. The van der Waals surface area contributed by atoms with Crippen LogP contribution in [0.15, 0.2) is 35.1 Å². The van der Waals surface area contributed by atoms with Crippen molar-refractivity contribution in [2.24, 2.45) is 0 Å². The predicted molar refractivity (Wildman–Crippen MR) is 69.3 cm³/mol. The zero-order chi connectivity index (χ0) is 11.5. The quantitative estimate of drug-likeness (QED) is 0.878.